The first kappa shape index (κ1) is 21.5. The molecule has 2 atom stereocenters. The number of hydrogen-bond acceptors (Lipinski definition) is 5. The molecule has 0 aromatic rings. The Labute approximate surface area is 138 Å². The number of aliphatic carboxylic acids is 1. The molecular weight excluding hydrogens is 300 g/mol. The Balaban J connectivity index is 0.00000108. The monoisotopic (exact) mass is 330 g/mol. The van der Waals surface area contributed by atoms with E-state index in [1.54, 1.807) is 6.92 Å². The molecule has 0 bridgehead atoms. The Bertz CT molecular complexity index is 419. The van der Waals surface area contributed by atoms with Gasteiger partial charge in [-0.2, -0.15) is 0 Å². The van der Waals surface area contributed by atoms with Crippen LogP contribution in [0.1, 0.15) is 40.0 Å². The summed E-state index contributed by atoms with van der Waals surface area (Å²) in [4.78, 5) is 33.7. The fourth-order valence-corrected chi connectivity index (χ4v) is 2.53. The second-order valence-electron chi connectivity index (χ2n) is 6.74. The number of carboxylic acid groups (broad SMARTS) is 1. The highest BCUT2D eigenvalue weighted by molar-refractivity contribution is 6.03. The second-order valence-corrected chi connectivity index (χ2v) is 6.74. The minimum atomic E-state index is -1.08. The summed E-state index contributed by atoms with van der Waals surface area (Å²) in [5.74, 6) is -1.32. The fourth-order valence-electron chi connectivity index (χ4n) is 2.53. The number of carboxylic acids is 1. The van der Waals surface area contributed by atoms with E-state index in [4.69, 9.17) is 9.90 Å². The van der Waals surface area contributed by atoms with E-state index in [0.29, 0.717) is 24.0 Å². The molecule has 0 radical (unpaired) electrons. The number of rotatable bonds is 7. The smallest absolute Gasteiger partial charge is 0.232 e. The van der Waals surface area contributed by atoms with Crippen LogP contribution >= 0.6 is 0 Å². The number of hydrogen-bond donors (Lipinski definition) is 1. The number of imide groups is 1. The third-order valence-electron chi connectivity index (χ3n) is 3.79. The van der Waals surface area contributed by atoms with Gasteiger partial charge in [0, 0.05) is 31.3 Å². The van der Waals surface area contributed by atoms with Crippen LogP contribution in [0.15, 0.2) is 0 Å². The number of amides is 2. The molecule has 0 aromatic heterocycles. The molecule has 7 heteroatoms. The molecule has 134 valence electrons. The molecule has 0 saturated carbocycles. The van der Waals surface area contributed by atoms with Gasteiger partial charge in [0.05, 0.1) is 20.6 Å². The summed E-state index contributed by atoms with van der Waals surface area (Å²) in [6, 6.07) is 0. The minimum absolute atomic E-state index is 0.0381. The molecule has 1 heterocycles. The SMILES string of the molecule is CC(=O)[O-].CCC(O)C[N+](C)(C)CCCN1C(=O)CC(C)C1=O. The molecule has 0 aromatic carbocycles. The first-order valence-electron chi connectivity index (χ1n) is 8.02. The van der Waals surface area contributed by atoms with Crippen molar-refractivity contribution in [2.24, 2.45) is 5.92 Å². The van der Waals surface area contributed by atoms with Gasteiger partial charge in [-0.15, -0.1) is 0 Å². The molecule has 1 fully saturated rings. The van der Waals surface area contributed by atoms with E-state index in [0.717, 1.165) is 26.3 Å². The van der Waals surface area contributed by atoms with Gasteiger partial charge in [-0.1, -0.05) is 13.8 Å². The van der Waals surface area contributed by atoms with Crippen molar-refractivity contribution in [3.8, 4) is 0 Å². The fraction of sp³-hybridized carbons (Fsp3) is 0.812. The standard InChI is InChI=1S/C14H27N2O3.C2H4O2/c1-5-12(17)10-16(3,4)8-6-7-15-13(18)9-11(2)14(15)19;1-2(3)4/h11-12,17H,5-10H2,1-4H3;1H3,(H,3,4)/q+1;/p-1. The molecule has 1 saturated heterocycles. The highest BCUT2D eigenvalue weighted by Crippen LogP contribution is 2.19. The van der Waals surface area contributed by atoms with E-state index in [2.05, 4.69) is 14.1 Å². The molecular formula is C16H30N2O5. The number of carbonyl (C=O) groups excluding carboxylic acids is 3. The van der Waals surface area contributed by atoms with Crippen LogP contribution in [0.5, 0.6) is 0 Å². The van der Waals surface area contributed by atoms with Crippen LogP contribution in [0.3, 0.4) is 0 Å². The maximum Gasteiger partial charge on any atom is 0.232 e. The number of quaternary nitrogens is 1. The first-order valence-corrected chi connectivity index (χ1v) is 8.02. The van der Waals surface area contributed by atoms with Gasteiger partial charge in [-0.25, -0.2) is 0 Å². The molecule has 1 aliphatic heterocycles. The van der Waals surface area contributed by atoms with Gasteiger partial charge < -0.3 is 19.5 Å². The number of carbonyl (C=O) groups is 3. The molecule has 23 heavy (non-hydrogen) atoms. The summed E-state index contributed by atoms with van der Waals surface area (Å²) < 4.78 is 0.709. The van der Waals surface area contributed by atoms with Crippen LogP contribution in [-0.4, -0.2) is 72.1 Å². The van der Waals surface area contributed by atoms with Gasteiger partial charge in [0.2, 0.25) is 11.8 Å². The van der Waals surface area contributed by atoms with Crippen LogP contribution < -0.4 is 5.11 Å². The number of aliphatic hydroxyl groups is 1. The lowest BCUT2D eigenvalue weighted by Gasteiger charge is -2.32. The Kier molecular flexibility index (Phi) is 9.01. The summed E-state index contributed by atoms with van der Waals surface area (Å²) in [6.07, 6.45) is 1.60. The summed E-state index contributed by atoms with van der Waals surface area (Å²) in [7, 11) is 4.13. The van der Waals surface area contributed by atoms with Gasteiger partial charge in [0.15, 0.2) is 0 Å². The quantitative estimate of drug-likeness (QED) is 0.495. The number of aliphatic hydroxyl groups excluding tert-OH is 1. The van der Waals surface area contributed by atoms with Crippen LogP contribution in [0.25, 0.3) is 0 Å². The van der Waals surface area contributed by atoms with Gasteiger partial charge in [-0.05, 0) is 13.3 Å². The maximum absolute atomic E-state index is 11.8. The summed E-state index contributed by atoms with van der Waals surface area (Å²) >= 11 is 0. The molecule has 1 N–H and O–H groups in total. The van der Waals surface area contributed by atoms with Gasteiger partial charge in [0.25, 0.3) is 0 Å². The van der Waals surface area contributed by atoms with Crippen molar-refractivity contribution >= 4 is 17.8 Å². The number of nitrogens with zero attached hydrogens (tertiary/aromatic N) is 2. The molecule has 7 nitrogen and oxygen atoms in total. The second kappa shape index (κ2) is 9.62. The molecule has 0 spiro atoms. The van der Waals surface area contributed by atoms with Crippen molar-refractivity contribution in [1.29, 1.82) is 0 Å². The van der Waals surface area contributed by atoms with E-state index in [-0.39, 0.29) is 23.8 Å². The minimum Gasteiger partial charge on any atom is -0.550 e. The lowest BCUT2D eigenvalue weighted by molar-refractivity contribution is -0.893. The van der Waals surface area contributed by atoms with Gasteiger partial charge in [-0.3, -0.25) is 14.5 Å². The Morgan fingerprint density at radius 1 is 1.43 bits per heavy atom. The maximum atomic E-state index is 11.8. The lowest BCUT2D eigenvalue weighted by atomic mass is 10.1. The third-order valence-corrected chi connectivity index (χ3v) is 3.79. The molecule has 0 aliphatic carbocycles. The zero-order chi connectivity index (χ0) is 18.2. The van der Waals surface area contributed by atoms with Crippen molar-refractivity contribution in [1.82, 2.24) is 4.90 Å². The zero-order valence-corrected chi connectivity index (χ0v) is 14.9. The van der Waals surface area contributed by atoms with Gasteiger partial charge in [0.1, 0.15) is 12.6 Å². The first-order chi connectivity index (χ1) is 10.5. The Hall–Kier alpha value is -1.47. The van der Waals surface area contributed by atoms with E-state index in [1.807, 2.05) is 6.92 Å². The van der Waals surface area contributed by atoms with Crippen molar-refractivity contribution in [3.63, 3.8) is 0 Å². The van der Waals surface area contributed by atoms with Crippen LogP contribution in [-0.2, 0) is 14.4 Å². The highest BCUT2D eigenvalue weighted by atomic mass is 16.4. The van der Waals surface area contributed by atoms with Crippen molar-refractivity contribution in [2.75, 3.05) is 33.7 Å². The third kappa shape index (κ3) is 8.66. The van der Waals surface area contributed by atoms with Crippen LogP contribution in [0.2, 0.25) is 0 Å². The molecule has 2 amide bonds. The van der Waals surface area contributed by atoms with Crippen LogP contribution in [0, 0.1) is 5.92 Å². The van der Waals surface area contributed by atoms with Crippen LogP contribution in [0.4, 0.5) is 0 Å². The molecule has 1 rings (SSSR count). The van der Waals surface area contributed by atoms with Crippen molar-refractivity contribution in [3.05, 3.63) is 0 Å². The van der Waals surface area contributed by atoms with E-state index < -0.39 is 5.97 Å². The van der Waals surface area contributed by atoms with Gasteiger partial charge >= 0.3 is 0 Å². The van der Waals surface area contributed by atoms with E-state index in [9.17, 15) is 14.7 Å². The number of likely N-dealkylation sites (N-methyl/N-ethyl adjacent to an activating group) is 1. The summed E-state index contributed by atoms with van der Waals surface area (Å²) in [6.45, 7) is 6.80. The molecule has 1 aliphatic rings. The topological polar surface area (TPSA) is 97.7 Å². The predicted octanol–water partition coefficient (Wildman–Crippen LogP) is -0.625. The number of likely N-dealkylation sites (tertiary alicyclic amines) is 1. The average Bonchev–Trinajstić information content (AvgIpc) is 2.63. The summed E-state index contributed by atoms with van der Waals surface area (Å²) in [5, 5.41) is 18.6. The van der Waals surface area contributed by atoms with E-state index >= 15 is 0 Å². The average molecular weight is 330 g/mol. The molecule has 2 unspecified atom stereocenters. The van der Waals surface area contributed by atoms with Crippen molar-refractivity contribution in [2.45, 2.75) is 46.1 Å². The van der Waals surface area contributed by atoms with E-state index in [1.165, 1.54) is 4.90 Å². The Morgan fingerprint density at radius 3 is 2.35 bits per heavy atom. The van der Waals surface area contributed by atoms with Crippen molar-refractivity contribution < 1.29 is 29.1 Å². The predicted molar refractivity (Wildman–Crippen MR) is 83.9 cm³/mol. The summed E-state index contributed by atoms with van der Waals surface area (Å²) in [5.41, 5.74) is 0. The largest absolute Gasteiger partial charge is 0.550 e. The Morgan fingerprint density at radius 2 is 1.96 bits per heavy atom. The highest BCUT2D eigenvalue weighted by Gasteiger charge is 2.35. The lowest BCUT2D eigenvalue weighted by Crippen LogP contribution is -2.47. The zero-order valence-electron chi connectivity index (χ0n) is 14.9. The normalized spacial score (nSPS) is 19.4.